The van der Waals surface area contributed by atoms with Gasteiger partial charge in [-0.05, 0) is 36.9 Å². The number of alkyl halides is 3. The van der Waals surface area contributed by atoms with Crippen molar-refractivity contribution >= 4 is 35.0 Å². The Morgan fingerprint density at radius 2 is 2.00 bits per heavy atom. The van der Waals surface area contributed by atoms with Gasteiger partial charge in [-0.15, -0.1) is 23.1 Å². The molecule has 4 rings (SSSR count). The Morgan fingerprint density at radius 3 is 2.58 bits per heavy atom. The summed E-state index contributed by atoms with van der Waals surface area (Å²) in [6.45, 7) is 4.26. The highest BCUT2D eigenvalue weighted by molar-refractivity contribution is 8.01. The number of pyridine rings is 1. The lowest BCUT2D eigenvalue weighted by Gasteiger charge is -2.47. The van der Waals surface area contributed by atoms with E-state index in [9.17, 15) is 18.0 Å². The molecule has 0 saturated carbocycles. The number of aliphatic carboxylic acids is 1. The minimum absolute atomic E-state index is 0.171. The van der Waals surface area contributed by atoms with Crippen molar-refractivity contribution in [3.63, 3.8) is 0 Å². The number of carboxylic acids is 1. The van der Waals surface area contributed by atoms with Crippen LogP contribution >= 0.6 is 23.1 Å². The van der Waals surface area contributed by atoms with Gasteiger partial charge in [0.1, 0.15) is 0 Å². The fourth-order valence-electron chi connectivity index (χ4n) is 3.36. The molecule has 1 atom stereocenters. The van der Waals surface area contributed by atoms with Crippen molar-refractivity contribution in [3.8, 4) is 0 Å². The number of hydrogen-bond acceptors (Lipinski definition) is 6. The Balaban J connectivity index is 0.000000339. The van der Waals surface area contributed by atoms with Crippen molar-refractivity contribution in [1.29, 1.82) is 0 Å². The van der Waals surface area contributed by atoms with Crippen molar-refractivity contribution in [2.75, 3.05) is 18.8 Å². The standard InChI is InChI=1S/C18H20N2O2S2.C2HF3O2/c1-13-4-2-5-14(19-13)9-22-15-8-18(24-10-15)11-20(12-18)17(21)16-6-3-7-23-16;3-2(4,5)1(6)7/h2-7,15H,8-12H2,1H3;(H,6,7). The molecule has 0 bridgehead atoms. The molecule has 2 aliphatic heterocycles. The highest BCUT2D eigenvalue weighted by Crippen LogP contribution is 2.46. The normalized spacial score (nSPS) is 19.5. The molecule has 2 fully saturated rings. The molecule has 1 N–H and O–H groups in total. The number of halogens is 3. The van der Waals surface area contributed by atoms with Crippen molar-refractivity contribution in [1.82, 2.24) is 9.88 Å². The summed E-state index contributed by atoms with van der Waals surface area (Å²) in [5.41, 5.74) is 2.01. The van der Waals surface area contributed by atoms with Crippen LogP contribution in [0.1, 0.15) is 27.5 Å². The zero-order chi connectivity index (χ0) is 22.6. The number of amides is 1. The number of carbonyl (C=O) groups is 2. The van der Waals surface area contributed by atoms with E-state index in [0.29, 0.717) is 6.61 Å². The van der Waals surface area contributed by atoms with Crippen molar-refractivity contribution in [2.45, 2.75) is 37.0 Å². The summed E-state index contributed by atoms with van der Waals surface area (Å²) >= 11 is 3.48. The number of aromatic nitrogens is 1. The van der Waals surface area contributed by atoms with Gasteiger partial charge in [0.25, 0.3) is 5.91 Å². The van der Waals surface area contributed by atoms with E-state index >= 15 is 0 Å². The summed E-state index contributed by atoms with van der Waals surface area (Å²) in [4.78, 5) is 28.5. The maximum absolute atomic E-state index is 12.3. The Morgan fingerprint density at radius 1 is 1.29 bits per heavy atom. The molecule has 2 aromatic rings. The quantitative estimate of drug-likeness (QED) is 0.722. The largest absolute Gasteiger partial charge is 0.490 e. The average molecular weight is 475 g/mol. The lowest BCUT2D eigenvalue weighted by atomic mass is 9.92. The molecule has 1 spiro atoms. The van der Waals surface area contributed by atoms with E-state index in [1.54, 1.807) is 0 Å². The molecule has 1 amide bonds. The van der Waals surface area contributed by atoms with E-state index in [4.69, 9.17) is 14.6 Å². The predicted octanol–water partition coefficient (Wildman–Crippen LogP) is 4.00. The van der Waals surface area contributed by atoms with Gasteiger partial charge in [-0.1, -0.05) is 12.1 Å². The number of carboxylic acid groups (broad SMARTS) is 1. The molecule has 4 heterocycles. The predicted molar refractivity (Wildman–Crippen MR) is 111 cm³/mol. The van der Waals surface area contributed by atoms with E-state index in [0.717, 1.165) is 41.5 Å². The summed E-state index contributed by atoms with van der Waals surface area (Å²) < 4.78 is 38.0. The first-order valence-corrected chi connectivity index (χ1v) is 11.3. The number of thioether (sulfide) groups is 1. The second kappa shape index (κ2) is 9.58. The molecule has 2 aromatic heterocycles. The minimum atomic E-state index is -5.08. The van der Waals surface area contributed by atoms with Crippen LogP contribution in [-0.4, -0.2) is 62.7 Å². The number of likely N-dealkylation sites (tertiary alicyclic amines) is 1. The number of nitrogens with zero attached hydrogens (tertiary/aromatic N) is 2. The monoisotopic (exact) mass is 474 g/mol. The Bertz CT molecular complexity index is 915. The third-order valence-corrected chi connectivity index (χ3v) is 7.24. The van der Waals surface area contributed by atoms with Crippen molar-refractivity contribution in [2.24, 2.45) is 0 Å². The summed E-state index contributed by atoms with van der Waals surface area (Å²) in [7, 11) is 0. The SMILES string of the molecule is Cc1cccc(COC2CSC3(C2)CN(C(=O)c2cccs2)C3)n1.O=C(O)C(F)(F)F. The zero-order valence-electron chi connectivity index (χ0n) is 16.6. The highest BCUT2D eigenvalue weighted by Gasteiger charge is 2.51. The van der Waals surface area contributed by atoms with E-state index < -0.39 is 12.1 Å². The minimum Gasteiger partial charge on any atom is -0.475 e. The topological polar surface area (TPSA) is 79.7 Å². The maximum atomic E-state index is 12.3. The molecule has 2 aliphatic rings. The Kier molecular flexibility index (Phi) is 7.28. The third kappa shape index (κ3) is 6.20. The molecule has 1 unspecified atom stereocenters. The molecule has 0 aliphatic carbocycles. The zero-order valence-corrected chi connectivity index (χ0v) is 18.2. The van der Waals surface area contributed by atoms with Crippen LogP contribution in [0.5, 0.6) is 0 Å². The van der Waals surface area contributed by atoms with Crippen molar-refractivity contribution in [3.05, 3.63) is 52.0 Å². The Hall–Kier alpha value is -2.11. The first-order valence-electron chi connectivity index (χ1n) is 9.39. The molecule has 11 heteroatoms. The van der Waals surface area contributed by atoms with E-state index in [1.165, 1.54) is 11.3 Å². The molecule has 31 heavy (non-hydrogen) atoms. The smallest absolute Gasteiger partial charge is 0.475 e. The van der Waals surface area contributed by atoms with Gasteiger partial charge in [0, 0.05) is 24.5 Å². The second-order valence-electron chi connectivity index (χ2n) is 7.34. The molecule has 6 nitrogen and oxygen atoms in total. The highest BCUT2D eigenvalue weighted by atomic mass is 32.2. The van der Waals surface area contributed by atoms with Gasteiger partial charge in [0.05, 0.1) is 28.0 Å². The molecular formula is C20H21F3N2O4S2. The van der Waals surface area contributed by atoms with E-state index in [-0.39, 0.29) is 16.8 Å². The van der Waals surface area contributed by atoms with Crippen LogP contribution < -0.4 is 0 Å². The first kappa shape index (κ1) is 23.6. The number of rotatable bonds is 4. The van der Waals surface area contributed by atoms with Gasteiger partial charge >= 0.3 is 12.1 Å². The van der Waals surface area contributed by atoms with Crippen LogP contribution in [0.2, 0.25) is 0 Å². The summed E-state index contributed by atoms with van der Waals surface area (Å²) in [5, 5.41) is 9.08. The summed E-state index contributed by atoms with van der Waals surface area (Å²) in [6.07, 6.45) is -3.80. The lowest BCUT2D eigenvalue weighted by molar-refractivity contribution is -0.192. The first-order chi connectivity index (χ1) is 14.6. The number of ether oxygens (including phenoxy) is 1. The number of carbonyl (C=O) groups excluding carboxylic acids is 1. The number of aryl methyl sites for hydroxylation is 1. The third-order valence-electron chi connectivity index (χ3n) is 4.81. The van der Waals surface area contributed by atoms with Crippen LogP contribution in [0, 0.1) is 6.92 Å². The summed E-state index contributed by atoms with van der Waals surface area (Å²) in [5.74, 6) is -1.58. The fraction of sp³-hybridized carbons (Fsp3) is 0.450. The van der Waals surface area contributed by atoms with Crippen LogP contribution in [0.3, 0.4) is 0 Å². The molecular weight excluding hydrogens is 453 g/mol. The van der Waals surface area contributed by atoms with Crippen LogP contribution in [0.25, 0.3) is 0 Å². The van der Waals surface area contributed by atoms with Gasteiger partial charge < -0.3 is 14.7 Å². The maximum Gasteiger partial charge on any atom is 0.490 e. The van der Waals surface area contributed by atoms with E-state index in [2.05, 4.69) is 4.98 Å². The summed E-state index contributed by atoms with van der Waals surface area (Å²) in [6, 6.07) is 9.86. The van der Waals surface area contributed by atoms with E-state index in [1.807, 2.05) is 59.3 Å². The van der Waals surface area contributed by atoms with Gasteiger partial charge in [-0.2, -0.15) is 13.2 Å². The molecule has 0 aromatic carbocycles. The molecule has 0 radical (unpaired) electrons. The van der Waals surface area contributed by atoms with Crippen molar-refractivity contribution < 1.29 is 32.6 Å². The number of hydrogen-bond donors (Lipinski definition) is 1. The van der Waals surface area contributed by atoms with Gasteiger partial charge in [-0.3, -0.25) is 9.78 Å². The van der Waals surface area contributed by atoms with Crippen LogP contribution in [0.4, 0.5) is 13.2 Å². The van der Waals surface area contributed by atoms with Gasteiger partial charge in [-0.25, -0.2) is 4.79 Å². The second-order valence-corrected chi connectivity index (χ2v) is 9.78. The fourth-order valence-corrected chi connectivity index (χ4v) is 5.60. The lowest BCUT2D eigenvalue weighted by Crippen LogP contribution is -2.60. The average Bonchev–Trinajstić information content (AvgIpc) is 3.35. The van der Waals surface area contributed by atoms with Gasteiger partial charge in [0.2, 0.25) is 0 Å². The van der Waals surface area contributed by atoms with Gasteiger partial charge in [0.15, 0.2) is 0 Å². The van der Waals surface area contributed by atoms with Crippen LogP contribution in [0.15, 0.2) is 35.7 Å². The van der Waals surface area contributed by atoms with Crippen LogP contribution in [-0.2, 0) is 16.1 Å². The molecule has 168 valence electrons. The molecule has 2 saturated heterocycles. The Labute approximate surface area is 185 Å². The number of thiophene rings is 1.